The van der Waals surface area contributed by atoms with Gasteiger partial charge in [-0.05, 0) is 18.2 Å². The Morgan fingerprint density at radius 3 is 2.08 bits per heavy atom. The molecule has 10 heteroatoms. The van der Waals surface area contributed by atoms with E-state index in [0.717, 1.165) is 18.2 Å². The number of anilines is 1. The van der Waals surface area contributed by atoms with Gasteiger partial charge in [-0.3, -0.25) is 10.1 Å². The van der Waals surface area contributed by atoms with Gasteiger partial charge in [-0.15, -0.1) is 0 Å². The molecule has 0 atom stereocenters. The van der Waals surface area contributed by atoms with Gasteiger partial charge in [0.05, 0.1) is 10.7 Å². The molecular weight excluding hydrogens is 359 g/mol. The molecule has 126 valence electrons. The highest BCUT2D eigenvalue weighted by atomic mass is 35.5. The molecule has 0 aromatic heterocycles. The zero-order valence-corrected chi connectivity index (χ0v) is 12.1. The first-order valence-corrected chi connectivity index (χ1v) is 6.49. The smallest absolute Gasteiger partial charge is 0.305 e. The van der Waals surface area contributed by atoms with Crippen LogP contribution in [-0.4, -0.2) is 11.9 Å². The van der Waals surface area contributed by atoms with Gasteiger partial charge < -0.3 is 5.32 Å². The average Bonchev–Trinajstić information content (AvgIpc) is 2.50. The molecule has 0 fully saturated rings. The topological polar surface area (TPSA) is 58.2 Å². The minimum atomic E-state index is -1.94. The lowest BCUT2D eigenvalue weighted by Crippen LogP contribution is -2.35. The van der Waals surface area contributed by atoms with Crippen LogP contribution in [0.2, 0.25) is 5.02 Å². The number of imide groups is 1. The van der Waals surface area contributed by atoms with E-state index in [1.807, 2.05) is 0 Å². The van der Waals surface area contributed by atoms with Gasteiger partial charge in [0.1, 0.15) is 17.2 Å². The Hall–Kier alpha value is -2.68. The predicted molar refractivity (Wildman–Crippen MR) is 74.2 cm³/mol. The summed E-state index contributed by atoms with van der Waals surface area (Å²) in [5, 5.41) is 2.37. The van der Waals surface area contributed by atoms with Crippen LogP contribution in [0.3, 0.4) is 0 Å². The average molecular weight is 365 g/mol. The molecule has 3 amide bonds. The summed E-state index contributed by atoms with van der Waals surface area (Å²) in [6.45, 7) is 0. The number of carbonyl (C=O) groups excluding carboxylic acids is 2. The van der Waals surface area contributed by atoms with Crippen molar-refractivity contribution in [2.24, 2.45) is 0 Å². The molecule has 24 heavy (non-hydrogen) atoms. The molecular formula is C14H6ClF5N2O2. The Labute approximate surface area is 136 Å². The van der Waals surface area contributed by atoms with Gasteiger partial charge in [0, 0.05) is 0 Å². The first kappa shape index (κ1) is 17.7. The second-order valence-electron chi connectivity index (χ2n) is 4.35. The lowest BCUT2D eigenvalue weighted by atomic mass is 10.2. The van der Waals surface area contributed by atoms with Gasteiger partial charge in [0.25, 0.3) is 5.91 Å². The summed E-state index contributed by atoms with van der Waals surface area (Å²) in [5.74, 6) is -9.30. The largest absolute Gasteiger partial charge is 0.326 e. The summed E-state index contributed by atoms with van der Waals surface area (Å²) in [5.41, 5.74) is -1.92. The van der Waals surface area contributed by atoms with Crippen LogP contribution in [0.15, 0.2) is 24.3 Å². The Kier molecular flexibility index (Phi) is 5.03. The Balaban J connectivity index is 2.19. The molecule has 2 aromatic carbocycles. The summed E-state index contributed by atoms with van der Waals surface area (Å²) in [7, 11) is 0. The Morgan fingerprint density at radius 1 is 0.917 bits per heavy atom. The molecule has 0 unspecified atom stereocenters. The number of halogens is 6. The van der Waals surface area contributed by atoms with Crippen molar-refractivity contribution in [1.29, 1.82) is 0 Å². The molecule has 0 radical (unpaired) electrons. The number of hydrogen-bond donors (Lipinski definition) is 2. The predicted octanol–water partition coefficient (Wildman–Crippen LogP) is 4.00. The van der Waals surface area contributed by atoms with Crippen LogP contribution >= 0.6 is 11.6 Å². The summed E-state index contributed by atoms with van der Waals surface area (Å²) in [6.07, 6.45) is 0. The third-order valence-corrected chi connectivity index (χ3v) is 3.04. The van der Waals surface area contributed by atoms with Crippen molar-refractivity contribution in [2.45, 2.75) is 0 Å². The number of hydrogen-bond acceptors (Lipinski definition) is 2. The van der Waals surface area contributed by atoms with Gasteiger partial charge in [0.2, 0.25) is 0 Å². The SMILES string of the molecule is O=C(NC(=O)c1c(F)cccc1F)Nc1cc(Cl)c(F)c(F)c1F. The first-order valence-electron chi connectivity index (χ1n) is 6.11. The number of benzene rings is 2. The number of rotatable bonds is 2. The Bertz CT molecular complexity index is 824. The molecule has 0 heterocycles. The molecule has 0 spiro atoms. The lowest BCUT2D eigenvalue weighted by Gasteiger charge is -2.10. The second kappa shape index (κ2) is 6.83. The molecule has 0 saturated carbocycles. The molecule has 0 aliphatic rings. The maximum absolute atomic E-state index is 13.5. The fraction of sp³-hybridized carbons (Fsp3) is 0. The molecule has 0 saturated heterocycles. The summed E-state index contributed by atoms with van der Waals surface area (Å²) in [6, 6.07) is 1.68. The van der Waals surface area contributed by atoms with Crippen molar-refractivity contribution >= 4 is 29.2 Å². The van der Waals surface area contributed by atoms with Crippen LogP contribution in [0, 0.1) is 29.1 Å². The van der Waals surface area contributed by atoms with Crippen molar-refractivity contribution in [1.82, 2.24) is 5.32 Å². The van der Waals surface area contributed by atoms with Crippen LogP contribution in [0.4, 0.5) is 32.4 Å². The third-order valence-electron chi connectivity index (χ3n) is 2.77. The zero-order chi connectivity index (χ0) is 18.0. The lowest BCUT2D eigenvalue weighted by molar-refractivity contribution is 0.0959. The maximum Gasteiger partial charge on any atom is 0.326 e. The van der Waals surface area contributed by atoms with E-state index < -0.39 is 57.3 Å². The van der Waals surface area contributed by atoms with Crippen molar-refractivity contribution in [3.63, 3.8) is 0 Å². The van der Waals surface area contributed by atoms with E-state index in [1.54, 1.807) is 5.32 Å². The summed E-state index contributed by atoms with van der Waals surface area (Å²) >= 11 is 5.30. The number of carbonyl (C=O) groups is 2. The molecule has 2 N–H and O–H groups in total. The van der Waals surface area contributed by atoms with E-state index in [4.69, 9.17) is 11.6 Å². The summed E-state index contributed by atoms with van der Waals surface area (Å²) < 4.78 is 66.4. The van der Waals surface area contributed by atoms with E-state index in [9.17, 15) is 31.5 Å². The highest BCUT2D eigenvalue weighted by molar-refractivity contribution is 6.31. The fourth-order valence-corrected chi connectivity index (χ4v) is 1.89. The normalized spacial score (nSPS) is 10.4. The number of urea groups is 1. The standard InChI is InChI=1S/C14H6ClF5N2O2/c15-5-4-8(11(19)12(20)10(5)18)21-14(24)22-13(23)9-6(16)2-1-3-7(9)17/h1-4H,(H2,21,22,23,24). The van der Waals surface area contributed by atoms with E-state index in [2.05, 4.69) is 0 Å². The van der Waals surface area contributed by atoms with Crippen LogP contribution in [0.25, 0.3) is 0 Å². The Morgan fingerprint density at radius 2 is 1.50 bits per heavy atom. The van der Waals surface area contributed by atoms with Crippen molar-refractivity contribution < 1.29 is 31.5 Å². The highest BCUT2D eigenvalue weighted by Crippen LogP contribution is 2.26. The molecule has 2 rings (SSSR count). The van der Waals surface area contributed by atoms with Crippen LogP contribution < -0.4 is 10.6 Å². The summed E-state index contributed by atoms with van der Waals surface area (Å²) in [4.78, 5) is 23.2. The molecule has 0 bridgehead atoms. The van der Waals surface area contributed by atoms with Gasteiger partial charge in [0.15, 0.2) is 17.5 Å². The third kappa shape index (κ3) is 3.46. The van der Waals surface area contributed by atoms with E-state index in [0.29, 0.717) is 6.07 Å². The highest BCUT2D eigenvalue weighted by Gasteiger charge is 2.22. The van der Waals surface area contributed by atoms with Gasteiger partial charge in [-0.25, -0.2) is 26.7 Å². The van der Waals surface area contributed by atoms with Crippen molar-refractivity contribution in [3.8, 4) is 0 Å². The minimum absolute atomic E-state index is 0.559. The van der Waals surface area contributed by atoms with E-state index >= 15 is 0 Å². The van der Waals surface area contributed by atoms with Gasteiger partial charge in [-0.1, -0.05) is 17.7 Å². The van der Waals surface area contributed by atoms with Crippen LogP contribution in [-0.2, 0) is 0 Å². The molecule has 0 aliphatic heterocycles. The maximum atomic E-state index is 13.5. The van der Waals surface area contributed by atoms with Gasteiger partial charge in [-0.2, -0.15) is 0 Å². The van der Waals surface area contributed by atoms with Crippen LogP contribution in [0.1, 0.15) is 10.4 Å². The first-order chi connectivity index (χ1) is 11.2. The quantitative estimate of drug-likeness (QED) is 0.481. The molecule has 2 aromatic rings. The number of nitrogens with one attached hydrogen (secondary N) is 2. The monoisotopic (exact) mass is 364 g/mol. The zero-order valence-electron chi connectivity index (χ0n) is 11.4. The van der Waals surface area contributed by atoms with Crippen LogP contribution in [0.5, 0.6) is 0 Å². The van der Waals surface area contributed by atoms with Crippen molar-refractivity contribution in [2.75, 3.05) is 5.32 Å². The molecule has 0 aliphatic carbocycles. The van der Waals surface area contributed by atoms with E-state index in [-0.39, 0.29) is 0 Å². The van der Waals surface area contributed by atoms with Crippen molar-refractivity contribution in [3.05, 3.63) is 63.9 Å². The molecule has 4 nitrogen and oxygen atoms in total. The fourth-order valence-electron chi connectivity index (χ4n) is 1.70. The van der Waals surface area contributed by atoms with Gasteiger partial charge >= 0.3 is 6.03 Å². The minimum Gasteiger partial charge on any atom is -0.305 e. The van der Waals surface area contributed by atoms with E-state index in [1.165, 1.54) is 5.32 Å². The second-order valence-corrected chi connectivity index (χ2v) is 4.76. The number of amides is 3.